The molecule has 0 aliphatic heterocycles. The zero-order valence-electron chi connectivity index (χ0n) is 8.39. The Bertz CT molecular complexity index is 169. The number of hydrogen-bond donors (Lipinski definition) is 0. The summed E-state index contributed by atoms with van der Waals surface area (Å²) in [5, 5.41) is 0. The Hall–Kier alpha value is -0.790. The molecular weight excluding hydrogens is 152 g/mol. The van der Waals surface area contributed by atoms with Gasteiger partial charge in [0.2, 0.25) is 0 Å². The van der Waals surface area contributed by atoms with Gasteiger partial charge in [-0.2, -0.15) is 0 Å². The molecule has 0 amide bonds. The maximum absolute atomic E-state index is 11.1. The number of unbranched alkanes of at least 4 members (excludes halogenated alkanes) is 1. The molecule has 0 saturated heterocycles. The molecule has 0 atom stereocenters. The summed E-state index contributed by atoms with van der Waals surface area (Å²) in [6.07, 6.45) is 3.99. The molecule has 2 heteroatoms. The second kappa shape index (κ2) is 5.81. The summed E-state index contributed by atoms with van der Waals surface area (Å²) < 4.78 is 5.04. The third kappa shape index (κ3) is 4.94. The first-order chi connectivity index (χ1) is 5.57. The van der Waals surface area contributed by atoms with Crippen molar-refractivity contribution in [1.82, 2.24) is 0 Å². The normalized spacial score (nSPS) is 11.9. The lowest BCUT2D eigenvalue weighted by Gasteiger charge is -2.05. The van der Waals surface area contributed by atoms with Crippen molar-refractivity contribution >= 4 is 5.97 Å². The zero-order valence-corrected chi connectivity index (χ0v) is 8.39. The van der Waals surface area contributed by atoms with E-state index in [2.05, 4.69) is 6.92 Å². The van der Waals surface area contributed by atoms with E-state index in [4.69, 9.17) is 4.74 Å². The predicted octanol–water partition coefficient (Wildman–Crippen LogP) is 2.89. The quantitative estimate of drug-likeness (QED) is 0.479. The summed E-state index contributed by atoms with van der Waals surface area (Å²) >= 11 is 0. The molecular formula is C10H18O2. The van der Waals surface area contributed by atoms with Crippen LogP contribution in [0.5, 0.6) is 0 Å². The van der Waals surface area contributed by atoms with E-state index < -0.39 is 0 Å². The predicted molar refractivity (Wildman–Crippen MR) is 49.6 cm³/mol. The van der Waals surface area contributed by atoms with Crippen LogP contribution in [0.25, 0.3) is 0 Å². The molecule has 0 N–H and O–H groups in total. The Balaban J connectivity index is 3.83. The monoisotopic (exact) mass is 170 g/mol. The summed E-state index contributed by atoms with van der Waals surface area (Å²) in [6, 6.07) is 0. The SMILES string of the molecule is CCCC=C(C)OC(=O)C(C)C. The van der Waals surface area contributed by atoms with Gasteiger partial charge in [-0.3, -0.25) is 4.79 Å². The van der Waals surface area contributed by atoms with E-state index in [0.29, 0.717) is 0 Å². The smallest absolute Gasteiger partial charge is 0.313 e. The Labute approximate surface area is 74.6 Å². The first kappa shape index (κ1) is 11.2. The highest BCUT2D eigenvalue weighted by Gasteiger charge is 2.08. The third-order valence-electron chi connectivity index (χ3n) is 1.45. The average Bonchev–Trinajstić information content (AvgIpc) is 2.00. The zero-order chi connectivity index (χ0) is 9.56. The number of esters is 1. The highest BCUT2D eigenvalue weighted by atomic mass is 16.5. The van der Waals surface area contributed by atoms with Gasteiger partial charge in [0.25, 0.3) is 0 Å². The van der Waals surface area contributed by atoms with Crippen LogP contribution >= 0.6 is 0 Å². The highest BCUT2D eigenvalue weighted by molar-refractivity contribution is 5.72. The lowest BCUT2D eigenvalue weighted by Crippen LogP contribution is -2.10. The molecule has 0 aliphatic rings. The van der Waals surface area contributed by atoms with E-state index in [1.165, 1.54) is 0 Å². The van der Waals surface area contributed by atoms with Crippen molar-refractivity contribution in [3.8, 4) is 0 Å². The van der Waals surface area contributed by atoms with Gasteiger partial charge in [-0.05, 0) is 19.4 Å². The number of hydrogen-bond acceptors (Lipinski definition) is 2. The van der Waals surface area contributed by atoms with Gasteiger partial charge in [0.15, 0.2) is 0 Å². The van der Waals surface area contributed by atoms with Gasteiger partial charge < -0.3 is 4.74 Å². The number of rotatable bonds is 4. The van der Waals surface area contributed by atoms with Crippen LogP contribution in [0.1, 0.15) is 40.5 Å². The summed E-state index contributed by atoms with van der Waals surface area (Å²) in [7, 11) is 0. The van der Waals surface area contributed by atoms with Crippen LogP contribution in [0.2, 0.25) is 0 Å². The number of ether oxygens (including phenoxy) is 1. The number of allylic oxidation sites excluding steroid dienone is 2. The summed E-state index contributed by atoms with van der Waals surface area (Å²) in [6.45, 7) is 7.56. The number of carbonyl (C=O) groups excluding carboxylic acids is 1. The van der Waals surface area contributed by atoms with Crippen LogP contribution in [0, 0.1) is 5.92 Å². The van der Waals surface area contributed by atoms with Crippen molar-refractivity contribution in [1.29, 1.82) is 0 Å². The molecule has 0 rings (SSSR count). The van der Waals surface area contributed by atoms with E-state index in [0.717, 1.165) is 18.6 Å². The van der Waals surface area contributed by atoms with Crippen LogP contribution in [-0.4, -0.2) is 5.97 Å². The molecule has 0 aromatic heterocycles. The number of carbonyl (C=O) groups is 1. The van der Waals surface area contributed by atoms with Crippen LogP contribution in [0.4, 0.5) is 0 Å². The van der Waals surface area contributed by atoms with Gasteiger partial charge in [0.1, 0.15) is 5.76 Å². The molecule has 0 heterocycles. The molecule has 0 fully saturated rings. The summed E-state index contributed by atoms with van der Waals surface area (Å²) in [5.41, 5.74) is 0. The summed E-state index contributed by atoms with van der Waals surface area (Å²) in [4.78, 5) is 11.1. The molecule has 0 aromatic rings. The van der Waals surface area contributed by atoms with Crippen LogP contribution in [-0.2, 0) is 9.53 Å². The van der Waals surface area contributed by atoms with Gasteiger partial charge in [-0.1, -0.05) is 27.2 Å². The van der Waals surface area contributed by atoms with Crippen molar-refractivity contribution in [3.63, 3.8) is 0 Å². The van der Waals surface area contributed by atoms with Crippen molar-refractivity contribution in [2.45, 2.75) is 40.5 Å². The Kier molecular flexibility index (Phi) is 5.43. The molecule has 0 unspecified atom stereocenters. The van der Waals surface area contributed by atoms with E-state index in [1.54, 1.807) is 0 Å². The summed E-state index contributed by atoms with van der Waals surface area (Å²) in [5.74, 6) is 0.519. The lowest BCUT2D eigenvalue weighted by atomic mass is 10.2. The molecule has 0 bridgehead atoms. The molecule has 0 spiro atoms. The maximum Gasteiger partial charge on any atom is 0.313 e. The van der Waals surface area contributed by atoms with Crippen LogP contribution < -0.4 is 0 Å². The molecule has 12 heavy (non-hydrogen) atoms. The van der Waals surface area contributed by atoms with Crippen LogP contribution in [0.15, 0.2) is 11.8 Å². The van der Waals surface area contributed by atoms with E-state index >= 15 is 0 Å². The lowest BCUT2D eigenvalue weighted by molar-refractivity contribution is -0.142. The average molecular weight is 170 g/mol. The fourth-order valence-corrected chi connectivity index (χ4v) is 0.666. The molecule has 2 nitrogen and oxygen atoms in total. The van der Waals surface area contributed by atoms with E-state index in [1.807, 2.05) is 26.8 Å². The van der Waals surface area contributed by atoms with Gasteiger partial charge in [-0.15, -0.1) is 0 Å². The van der Waals surface area contributed by atoms with Gasteiger partial charge >= 0.3 is 5.97 Å². The molecule has 70 valence electrons. The van der Waals surface area contributed by atoms with Crippen molar-refractivity contribution in [2.75, 3.05) is 0 Å². The maximum atomic E-state index is 11.1. The van der Waals surface area contributed by atoms with Crippen molar-refractivity contribution in [2.24, 2.45) is 5.92 Å². The Morgan fingerprint density at radius 2 is 2.08 bits per heavy atom. The van der Waals surface area contributed by atoms with E-state index in [9.17, 15) is 4.79 Å². The third-order valence-corrected chi connectivity index (χ3v) is 1.45. The Morgan fingerprint density at radius 1 is 1.50 bits per heavy atom. The fourth-order valence-electron chi connectivity index (χ4n) is 0.666. The molecule has 0 saturated carbocycles. The first-order valence-corrected chi connectivity index (χ1v) is 4.46. The minimum absolute atomic E-state index is 0.0463. The van der Waals surface area contributed by atoms with Gasteiger partial charge in [-0.25, -0.2) is 0 Å². The van der Waals surface area contributed by atoms with Gasteiger partial charge in [0.05, 0.1) is 5.92 Å². The minimum atomic E-state index is -0.153. The minimum Gasteiger partial charge on any atom is -0.432 e. The molecule has 0 radical (unpaired) electrons. The second-order valence-corrected chi connectivity index (χ2v) is 3.18. The Morgan fingerprint density at radius 3 is 2.50 bits per heavy atom. The molecule has 0 aromatic carbocycles. The molecule has 0 aliphatic carbocycles. The largest absolute Gasteiger partial charge is 0.432 e. The van der Waals surface area contributed by atoms with E-state index in [-0.39, 0.29) is 11.9 Å². The van der Waals surface area contributed by atoms with Crippen molar-refractivity contribution in [3.05, 3.63) is 11.8 Å². The topological polar surface area (TPSA) is 26.3 Å². The highest BCUT2D eigenvalue weighted by Crippen LogP contribution is 2.04. The van der Waals surface area contributed by atoms with Crippen molar-refractivity contribution < 1.29 is 9.53 Å². The van der Waals surface area contributed by atoms with Crippen LogP contribution in [0.3, 0.4) is 0 Å². The fraction of sp³-hybridized carbons (Fsp3) is 0.700. The van der Waals surface area contributed by atoms with Gasteiger partial charge in [0, 0.05) is 0 Å². The standard InChI is InChI=1S/C10H18O2/c1-5-6-7-9(4)12-10(11)8(2)3/h7-8H,5-6H2,1-4H3. The first-order valence-electron chi connectivity index (χ1n) is 4.46. The second-order valence-electron chi connectivity index (χ2n) is 3.18.